The molecule has 3 N–H and O–H groups in total. The Morgan fingerprint density at radius 1 is 1.00 bits per heavy atom. The van der Waals surface area contributed by atoms with Gasteiger partial charge < -0.3 is 15.8 Å². The second-order valence-electron chi connectivity index (χ2n) is 8.41. The van der Waals surface area contributed by atoms with Crippen LogP contribution in [0.15, 0.2) is 60.7 Å². The van der Waals surface area contributed by atoms with Crippen LogP contribution >= 0.6 is 0 Å². The number of nitrogens with two attached hydrogens (primary N) is 1. The van der Waals surface area contributed by atoms with Crippen molar-refractivity contribution >= 4 is 0 Å². The molecule has 3 heteroatoms. The van der Waals surface area contributed by atoms with E-state index in [1.54, 1.807) is 0 Å². The first-order valence-corrected chi connectivity index (χ1v) is 10.2. The van der Waals surface area contributed by atoms with Crippen LogP contribution in [0.2, 0.25) is 0 Å². The van der Waals surface area contributed by atoms with Gasteiger partial charge in [0.15, 0.2) is 0 Å². The van der Waals surface area contributed by atoms with E-state index in [0.717, 1.165) is 19.6 Å². The van der Waals surface area contributed by atoms with Crippen LogP contribution in [-0.4, -0.2) is 18.7 Å². The third-order valence-electron chi connectivity index (χ3n) is 6.11. The van der Waals surface area contributed by atoms with Gasteiger partial charge in [0.1, 0.15) is 0 Å². The van der Waals surface area contributed by atoms with Gasteiger partial charge in [-0.25, -0.2) is 0 Å². The molecular formula is C24H34N2O. The van der Waals surface area contributed by atoms with Crippen molar-refractivity contribution in [2.45, 2.75) is 58.3 Å². The standard InChI is InChI=1S/C24H34N2O/c1-19(26-16-20-9-5-3-6-10-20)22(15-23(25)24(2)13-14-24)18-27-17-21-11-7-4-8-12-21/h3-12,19,22-23,26H,13-18,25H2,1-2H3/t19-,22+,23?/m1/s1. The lowest BCUT2D eigenvalue weighted by atomic mass is 9.87. The average molecular weight is 367 g/mol. The Hall–Kier alpha value is -1.68. The lowest BCUT2D eigenvalue weighted by molar-refractivity contribution is 0.0663. The molecule has 2 aromatic rings. The van der Waals surface area contributed by atoms with Crippen molar-refractivity contribution in [3.8, 4) is 0 Å². The van der Waals surface area contributed by atoms with Crippen molar-refractivity contribution in [1.82, 2.24) is 5.32 Å². The fraction of sp³-hybridized carbons (Fsp3) is 0.500. The molecule has 1 unspecified atom stereocenters. The van der Waals surface area contributed by atoms with E-state index in [4.69, 9.17) is 10.5 Å². The monoisotopic (exact) mass is 366 g/mol. The summed E-state index contributed by atoms with van der Waals surface area (Å²) in [6.07, 6.45) is 3.53. The SMILES string of the molecule is C[C@@H](NCc1ccccc1)[C@H](COCc1ccccc1)CC(N)C1(C)CC1. The number of rotatable bonds is 11. The molecular weight excluding hydrogens is 332 g/mol. The summed E-state index contributed by atoms with van der Waals surface area (Å²) in [7, 11) is 0. The molecule has 0 spiro atoms. The quantitative estimate of drug-likeness (QED) is 0.615. The van der Waals surface area contributed by atoms with E-state index in [1.807, 2.05) is 6.07 Å². The highest BCUT2D eigenvalue weighted by atomic mass is 16.5. The van der Waals surface area contributed by atoms with E-state index >= 15 is 0 Å². The van der Waals surface area contributed by atoms with Gasteiger partial charge in [0.05, 0.1) is 13.2 Å². The molecule has 3 rings (SSSR count). The number of hydrogen-bond acceptors (Lipinski definition) is 3. The summed E-state index contributed by atoms with van der Waals surface area (Å²) >= 11 is 0. The first kappa shape index (κ1) is 20.1. The normalized spacial score (nSPS) is 18.6. The van der Waals surface area contributed by atoms with E-state index in [1.165, 1.54) is 24.0 Å². The Morgan fingerprint density at radius 3 is 2.19 bits per heavy atom. The Morgan fingerprint density at radius 2 is 1.59 bits per heavy atom. The van der Waals surface area contributed by atoms with Gasteiger partial charge in [-0.05, 0) is 48.6 Å². The first-order valence-electron chi connectivity index (χ1n) is 10.2. The van der Waals surface area contributed by atoms with Gasteiger partial charge in [0, 0.05) is 18.6 Å². The first-order chi connectivity index (χ1) is 13.1. The molecule has 1 aliphatic carbocycles. The Kier molecular flexibility index (Phi) is 7.06. The Bertz CT molecular complexity index is 669. The zero-order chi connectivity index (χ0) is 19.1. The summed E-state index contributed by atoms with van der Waals surface area (Å²) in [6, 6.07) is 21.6. The third-order valence-corrected chi connectivity index (χ3v) is 6.11. The number of hydrogen-bond donors (Lipinski definition) is 2. The van der Waals surface area contributed by atoms with Crippen LogP contribution in [0.3, 0.4) is 0 Å². The van der Waals surface area contributed by atoms with Crippen molar-refractivity contribution in [2.24, 2.45) is 17.1 Å². The number of benzene rings is 2. The van der Waals surface area contributed by atoms with E-state index in [0.29, 0.717) is 24.0 Å². The Labute approximate surface area is 164 Å². The summed E-state index contributed by atoms with van der Waals surface area (Å²) in [5.74, 6) is 0.407. The van der Waals surface area contributed by atoms with Crippen molar-refractivity contribution < 1.29 is 4.74 Å². The minimum absolute atomic E-state index is 0.254. The highest BCUT2D eigenvalue weighted by Gasteiger charge is 2.43. The zero-order valence-corrected chi connectivity index (χ0v) is 16.7. The molecule has 0 bridgehead atoms. The summed E-state index contributed by atoms with van der Waals surface area (Å²) in [5, 5.41) is 3.69. The van der Waals surface area contributed by atoms with Gasteiger partial charge in [-0.3, -0.25) is 0 Å². The van der Waals surface area contributed by atoms with Crippen LogP contribution in [0, 0.1) is 11.3 Å². The minimum atomic E-state index is 0.254. The molecule has 1 fully saturated rings. The Balaban J connectivity index is 1.54. The maximum atomic E-state index is 6.56. The predicted octanol–water partition coefficient (Wildman–Crippen LogP) is 4.52. The summed E-state index contributed by atoms with van der Waals surface area (Å²) in [6.45, 7) is 6.86. The highest BCUT2D eigenvalue weighted by Crippen LogP contribution is 2.48. The second-order valence-corrected chi connectivity index (χ2v) is 8.41. The molecule has 1 saturated carbocycles. The smallest absolute Gasteiger partial charge is 0.0717 e. The van der Waals surface area contributed by atoms with Gasteiger partial charge in [0.2, 0.25) is 0 Å². The largest absolute Gasteiger partial charge is 0.376 e. The van der Waals surface area contributed by atoms with E-state index in [-0.39, 0.29) is 6.04 Å². The fourth-order valence-corrected chi connectivity index (χ4v) is 3.54. The topological polar surface area (TPSA) is 47.3 Å². The minimum Gasteiger partial charge on any atom is -0.376 e. The van der Waals surface area contributed by atoms with Gasteiger partial charge in [-0.2, -0.15) is 0 Å². The van der Waals surface area contributed by atoms with Crippen LogP contribution in [-0.2, 0) is 17.9 Å². The molecule has 146 valence electrons. The van der Waals surface area contributed by atoms with Gasteiger partial charge in [-0.15, -0.1) is 0 Å². The summed E-state index contributed by atoms with van der Waals surface area (Å²) in [4.78, 5) is 0. The number of ether oxygens (including phenoxy) is 1. The maximum absolute atomic E-state index is 6.56. The average Bonchev–Trinajstić information content (AvgIpc) is 3.45. The predicted molar refractivity (Wildman–Crippen MR) is 112 cm³/mol. The molecule has 0 aromatic heterocycles. The molecule has 0 aliphatic heterocycles. The van der Waals surface area contributed by atoms with Gasteiger partial charge >= 0.3 is 0 Å². The molecule has 0 heterocycles. The zero-order valence-electron chi connectivity index (χ0n) is 16.7. The summed E-state index contributed by atoms with van der Waals surface area (Å²) in [5.41, 5.74) is 9.44. The third kappa shape index (κ3) is 6.17. The van der Waals surface area contributed by atoms with E-state index in [9.17, 15) is 0 Å². The van der Waals surface area contributed by atoms with Crippen LogP contribution in [0.5, 0.6) is 0 Å². The van der Waals surface area contributed by atoms with E-state index in [2.05, 4.69) is 73.8 Å². The van der Waals surface area contributed by atoms with Gasteiger partial charge in [-0.1, -0.05) is 67.6 Å². The molecule has 1 aliphatic rings. The van der Waals surface area contributed by atoms with Crippen molar-refractivity contribution in [2.75, 3.05) is 6.61 Å². The van der Waals surface area contributed by atoms with Crippen LogP contribution in [0.25, 0.3) is 0 Å². The van der Waals surface area contributed by atoms with Gasteiger partial charge in [0.25, 0.3) is 0 Å². The van der Waals surface area contributed by atoms with Crippen molar-refractivity contribution in [3.05, 3.63) is 71.8 Å². The number of nitrogens with one attached hydrogen (secondary N) is 1. The second kappa shape index (κ2) is 9.50. The molecule has 0 saturated heterocycles. The molecule has 0 amide bonds. The highest BCUT2D eigenvalue weighted by molar-refractivity contribution is 5.15. The maximum Gasteiger partial charge on any atom is 0.0717 e. The summed E-state index contributed by atoms with van der Waals surface area (Å²) < 4.78 is 6.09. The molecule has 27 heavy (non-hydrogen) atoms. The van der Waals surface area contributed by atoms with E-state index < -0.39 is 0 Å². The fourth-order valence-electron chi connectivity index (χ4n) is 3.54. The molecule has 3 nitrogen and oxygen atoms in total. The van der Waals surface area contributed by atoms with Crippen LogP contribution in [0.4, 0.5) is 0 Å². The van der Waals surface area contributed by atoms with Crippen LogP contribution < -0.4 is 11.1 Å². The lowest BCUT2D eigenvalue weighted by Gasteiger charge is -2.30. The van der Waals surface area contributed by atoms with Crippen molar-refractivity contribution in [1.29, 1.82) is 0 Å². The van der Waals surface area contributed by atoms with Crippen molar-refractivity contribution in [3.63, 3.8) is 0 Å². The van der Waals surface area contributed by atoms with Crippen LogP contribution in [0.1, 0.15) is 44.2 Å². The molecule has 2 aromatic carbocycles. The lowest BCUT2D eigenvalue weighted by Crippen LogP contribution is -2.41. The molecule has 3 atom stereocenters. The molecule has 0 radical (unpaired) electrons.